The molecule has 6 heteroatoms. The van der Waals surface area contributed by atoms with Crippen LogP contribution in [0.25, 0.3) is 5.65 Å². The van der Waals surface area contributed by atoms with Crippen molar-refractivity contribution >= 4 is 11.5 Å². The van der Waals surface area contributed by atoms with Crippen LogP contribution in [-0.4, -0.2) is 45.5 Å². The van der Waals surface area contributed by atoms with Gasteiger partial charge in [-0.1, -0.05) is 6.42 Å². The van der Waals surface area contributed by atoms with Gasteiger partial charge < -0.3 is 10.5 Å². The zero-order valence-corrected chi connectivity index (χ0v) is 11.0. The summed E-state index contributed by atoms with van der Waals surface area (Å²) in [5, 5.41) is 0. The van der Waals surface area contributed by atoms with E-state index in [1.807, 2.05) is 10.6 Å². The lowest BCUT2D eigenvalue weighted by Crippen LogP contribution is -2.33. The van der Waals surface area contributed by atoms with E-state index in [2.05, 4.69) is 14.9 Å². The summed E-state index contributed by atoms with van der Waals surface area (Å²) in [6.45, 7) is 3.90. The van der Waals surface area contributed by atoms with E-state index in [1.165, 1.54) is 32.4 Å². The molecule has 0 saturated carbocycles. The molecule has 3 rings (SSSR count). The van der Waals surface area contributed by atoms with Gasteiger partial charge in [0.05, 0.1) is 6.20 Å². The Morgan fingerprint density at radius 2 is 2.11 bits per heavy atom. The number of anilines is 1. The molecule has 1 aliphatic heterocycles. The number of ether oxygens (including phenoxy) is 1. The van der Waals surface area contributed by atoms with Gasteiger partial charge in [-0.3, -0.25) is 9.30 Å². The Kier molecular flexibility index (Phi) is 3.50. The third kappa shape index (κ3) is 2.78. The summed E-state index contributed by atoms with van der Waals surface area (Å²) in [7, 11) is 0. The number of piperidine rings is 1. The second-order valence-corrected chi connectivity index (χ2v) is 4.88. The highest BCUT2D eigenvalue weighted by molar-refractivity contribution is 5.52. The molecule has 0 aliphatic carbocycles. The van der Waals surface area contributed by atoms with Crippen molar-refractivity contribution in [2.75, 3.05) is 32.0 Å². The maximum Gasteiger partial charge on any atom is 0.260 e. The van der Waals surface area contributed by atoms with Crippen LogP contribution in [0.2, 0.25) is 0 Å². The summed E-state index contributed by atoms with van der Waals surface area (Å²) in [6.07, 6.45) is 9.23. The predicted molar refractivity (Wildman–Crippen MR) is 73.2 cm³/mol. The minimum atomic E-state index is 0.443. The third-order valence-electron chi connectivity index (χ3n) is 3.46. The van der Waals surface area contributed by atoms with E-state index in [4.69, 9.17) is 10.5 Å². The quantitative estimate of drug-likeness (QED) is 0.895. The van der Waals surface area contributed by atoms with E-state index in [9.17, 15) is 0 Å². The number of aromatic nitrogens is 3. The molecular weight excluding hydrogens is 242 g/mol. The van der Waals surface area contributed by atoms with Crippen molar-refractivity contribution in [2.24, 2.45) is 0 Å². The van der Waals surface area contributed by atoms with Crippen molar-refractivity contribution in [1.29, 1.82) is 0 Å². The van der Waals surface area contributed by atoms with Crippen molar-refractivity contribution in [1.82, 2.24) is 19.3 Å². The molecule has 19 heavy (non-hydrogen) atoms. The molecule has 3 heterocycles. The van der Waals surface area contributed by atoms with E-state index in [0.717, 1.165) is 6.54 Å². The lowest BCUT2D eigenvalue weighted by molar-refractivity contribution is 0.181. The van der Waals surface area contributed by atoms with Gasteiger partial charge in [-0.2, -0.15) is 4.98 Å². The highest BCUT2D eigenvalue weighted by Crippen LogP contribution is 2.17. The zero-order valence-electron chi connectivity index (χ0n) is 11.0. The Hall–Kier alpha value is -1.82. The van der Waals surface area contributed by atoms with Crippen LogP contribution in [-0.2, 0) is 0 Å². The largest absolute Gasteiger partial charge is 0.474 e. The molecule has 6 nitrogen and oxygen atoms in total. The third-order valence-corrected chi connectivity index (χ3v) is 3.46. The minimum Gasteiger partial charge on any atom is -0.474 e. The van der Waals surface area contributed by atoms with Gasteiger partial charge in [-0.05, 0) is 25.9 Å². The minimum absolute atomic E-state index is 0.443. The van der Waals surface area contributed by atoms with Gasteiger partial charge in [0.2, 0.25) is 5.65 Å². The number of nitrogens with two attached hydrogens (primary N) is 1. The number of rotatable bonds is 4. The number of nitrogen functional groups attached to an aromatic ring is 1. The van der Waals surface area contributed by atoms with Crippen molar-refractivity contribution in [2.45, 2.75) is 19.3 Å². The van der Waals surface area contributed by atoms with E-state index in [1.54, 1.807) is 12.4 Å². The topological polar surface area (TPSA) is 68.7 Å². The summed E-state index contributed by atoms with van der Waals surface area (Å²) in [6, 6.07) is 0. The molecule has 2 N–H and O–H groups in total. The highest BCUT2D eigenvalue weighted by Gasteiger charge is 2.11. The lowest BCUT2D eigenvalue weighted by Gasteiger charge is -2.26. The van der Waals surface area contributed by atoms with Crippen LogP contribution >= 0.6 is 0 Å². The number of fused-ring (bicyclic) bond motifs is 1. The molecule has 0 aromatic carbocycles. The molecule has 0 bridgehead atoms. The van der Waals surface area contributed by atoms with Gasteiger partial charge in [0.1, 0.15) is 12.4 Å². The van der Waals surface area contributed by atoms with Crippen LogP contribution in [0.4, 0.5) is 5.82 Å². The summed E-state index contributed by atoms with van der Waals surface area (Å²) in [5.74, 6) is 0.959. The van der Waals surface area contributed by atoms with Crippen LogP contribution in [0.15, 0.2) is 18.6 Å². The molecule has 0 atom stereocenters. The van der Waals surface area contributed by atoms with E-state index in [0.29, 0.717) is 24.0 Å². The number of imidazole rings is 1. The maximum absolute atomic E-state index is 5.75. The summed E-state index contributed by atoms with van der Waals surface area (Å²) in [4.78, 5) is 10.9. The van der Waals surface area contributed by atoms with Crippen LogP contribution in [0.1, 0.15) is 19.3 Å². The Morgan fingerprint density at radius 3 is 2.95 bits per heavy atom. The molecular formula is C13H19N5O. The summed E-state index contributed by atoms with van der Waals surface area (Å²) in [5.41, 5.74) is 6.46. The first-order valence-electron chi connectivity index (χ1n) is 6.77. The zero-order chi connectivity index (χ0) is 13.1. The van der Waals surface area contributed by atoms with Gasteiger partial charge in [-0.15, -0.1) is 0 Å². The van der Waals surface area contributed by atoms with Gasteiger partial charge in [0.15, 0.2) is 0 Å². The first-order valence-corrected chi connectivity index (χ1v) is 6.77. The van der Waals surface area contributed by atoms with Crippen molar-refractivity contribution < 1.29 is 4.74 Å². The first kappa shape index (κ1) is 12.2. The molecule has 1 fully saturated rings. The van der Waals surface area contributed by atoms with Gasteiger partial charge in [0, 0.05) is 18.9 Å². The number of hydrogen-bond donors (Lipinski definition) is 1. The number of hydrogen-bond acceptors (Lipinski definition) is 5. The van der Waals surface area contributed by atoms with Crippen molar-refractivity contribution in [3.8, 4) is 5.88 Å². The van der Waals surface area contributed by atoms with E-state index in [-0.39, 0.29) is 0 Å². The highest BCUT2D eigenvalue weighted by atomic mass is 16.5. The fourth-order valence-corrected chi connectivity index (χ4v) is 2.47. The molecule has 0 unspecified atom stereocenters. The average Bonchev–Trinajstić information content (AvgIpc) is 2.88. The normalized spacial score (nSPS) is 16.8. The second-order valence-electron chi connectivity index (χ2n) is 4.88. The lowest BCUT2D eigenvalue weighted by atomic mass is 10.1. The van der Waals surface area contributed by atoms with Crippen molar-refractivity contribution in [3.05, 3.63) is 18.6 Å². The van der Waals surface area contributed by atoms with Crippen LogP contribution in [0.5, 0.6) is 5.88 Å². The van der Waals surface area contributed by atoms with E-state index < -0.39 is 0 Å². The monoisotopic (exact) mass is 261 g/mol. The predicted octanol–water partition coefficient (Wildman–Crippen LogP) is 1.18. The fraction of sp³-hybridized carbons (Fsp3) is 0.538. The molecule has 2 aromatic heterocycles. The Labute approximate surface area is 112 Å². The standard InChI is InChI=1S/C13H19N5O/c14-11-10-18-7-4-15-12(18)13(16-11)19-9-8-17-5-2-1-3-6-17/h4,7,10H,1-3,5-6,8-9,14H2. The first-order chi connectivity index (χ1) is 9.33. The SMILES string of the molecule is Nc1cn2ccnc2c(OCCN2CCCCC2)n1. The summed E-state index contributed by atoms with van der Waals surface area (Å²) < 4.78 is 7.58. The van der Waals surface area contributed by atoms with Crippen LogP contribution in [0, 0.1) is 0 Å². The molecule has 0 spiro atoms. The second kappa shape index (κ2) is 5.44. The van der Waals surface area contributed by atoms with Gasteiger partial charge in [-0.25, -0.2) is 4.98 Å². The fourth-order valence-electron chi connectivity index (χ4n) is 2.47. The maximum atomic E-state index is 5.75. The Morgan fingerprint density at radius 1 is 1.26 bits per heavy atom. The van der Waals surface area contributed by atoms with Gasteiger partial charge >= 0.3 is 0 Å². The molecule has 1 saturated heterocycles. The van der Waals surface area contributed by atoms with Crippen molar-refractivity contribution in [3.63, 3.8) is 0 Å². The molecule has 2 aromatic rings. The number of likely N-dealkylation sites (tertiary alicyclic amines) is 1. The average molecular weight is 261 g/mol. The smallest absolute Gasteiger partial charge is 0.260 e. The van der Waals surface area contributed by atoms with E-state index >= 15 is 0 Å². The Bertz CT molecular complexity index is 547. The summed E-state index contributed by atoms with van der Waals surface area (Å²) >= 11 is 0. The molecule has 1 aliphatic rings. The molecule has 0 amide bonds. The molecule has 0 radical (unpaired) electrons. The Balaban J connectivity index is 1.63. The number of nitrogens with zero attached hydrogens (tertiary/aromatic N) is 4. The van der Waals surface area contributed by atoms with Gasteiger partial charge in [0.25, 0.3) is 5.88 Å². The van der Waals surface area contributed by atoms with Crippen LogP contribution < -0.4 is 10.5 Å². The van der Waals surface area contributed by atoms with Crippen LogP contribution in [0.3, 0.4) is 0 Å². The molecule has 102 valence electrons.